The predicted molar refractivity (Wildman–Crippen MR) is 93.4 cm³/mol. The van der Waals surface area contributed by atoms with Crippen molar-refractivity contribution < 1.29 is 9.15 Å². The lowest BCUT2D eigenvalue weighted by Gasteiger charge is -2.46. The zero-order chi connectivity index (χ0) is 17.1. The minimum Gasteiger partial charge on any atom is -0.286 e. The molecular formula is C20H32O2. The van der Waals surface area contributed by atoms with Crippen molar-refractivity contribution >= 4 is 11.2 Å². The highest BCUT2D eigenvalue weighted by molar-refractivity contribution is 5.78. The summed E-state index contributed by atoms with van der Waals surface area (Å²) in [5, 5.41) is 0. The Kier molecular flexibility index (Phi) is 3.64. The molecule has 2 nitrogen and oxygen atoms in total. The first-order chi connectivity index (χ1) is 9.71. The summed E-state index contributed by atoms with van der Waals surface area (Å²) in [5.74, 6) is 0. The topological polar surface area (TPSA) is 26.3 Å². The molecule has 1 aromatic heterocycles. The van der Waals surface area contributed by atoms with Crippen molar-refractivity contribution in [2.45, 2.75) is 80.1 Å². The quantitative estimate of drug-likeness (QED) is 0.579. The van der Waals surface area contributed by atoms with Crippen molar-refractivity contribution in [1.82, 2.24) is 0 Å². The molecule has 22 heavy (non-hydrogen) atoms. The van der Waals surface area contributed by atoms with Crippen molar-refractivity contribution in [2.24, 2.45) is 10.8 Å². The van der Waals surface area contributed by atoms with Gasteiger partial charge in [-0.1, -0.05) is 75.3 Å². The van der Waals surface area contributed by atoms with E-state index in [0.717, 1.165) is 11.2 Å². The molecule has 2 rings (SSSR count). The number of hydrogen-bond acceptors (Lipinski definition) is 2. The number of rotatable bonds is 2. The van der Waals surface area contributed by atoms with Crippen LogP contribution in [0.3, 0.4) is 0 Å². The molecule has 0 aliphatic rings. The smallest absolute Gasteiger partial charge is 0.229 e. The van der Waals surface area contributed by atoms with Gasteiger partial charge in [-0.3, -0.25) is 9.15 Å². The predicted octanol–water partition coefficient (Wildman–Crippen LogP) is 6.67. The fourth-order valence-electron chi connectivity index (χ4n) is 2.68. The summed E-state index contributed by atoms with van der Waals surface area (Å²) in [7, 11) is 0. The van der Waals surface area contributed by atoms with E-state index in [1.54, 1.807) is 0 Å². The van der Waals surface area contributed by atoms with E-state index in [2.05, 4.69) is 75.3 Å². The molecular weight excluding hydrogens is 272 g/mol. The van der Waals surface area contributed by atoms with E-state index in [1.807, 2.05) is 6.07 Å². The van der Waals surface area contributed by atoms with E-state index in [0.29, 0.717) is 0 Å². The lowest BCUT2D eigenvalue weighted by atomic mass is 9.58. The monoisotopic (exact) mass is 304 g/mol. The highest BCUT2D eigenvalue weighted by atomic mass is 17.0. The van der Waals surface area contributed by atoms with Gasteiger partial charge in [-0.15, -0.1) is 0 Å². The summed E-state index contributed by atoms with van der Waals surface area (Å²) in [6.45, 7) is 23.1. The van der Waals surface area contributed by atoms with E-state index >= 15 is 0 Å². The first kappa shape index (κ1) is 17.2. The zero-order valence-corrected chi connectivity index (χ0v) is 16.0. The van der Waals surface area contributed by atoms with Gasteiger partial charge in [0, 0.05) is 5.56 Å². The summed E-state index contributed by atoms with van der Waals surface area (Å²) in [4.78, 5) is 0. The van der Waals surface area contributed by atoms with E-state index in [1.165, 1.54) is 11.1 Å². The maximum absolute atomic E-state index is 5.44. The Bertz CT molecular complexity index is 667. The normalized spacial score (nSPS) is 14.8. The van der Waals surface area contributed by atoms with E-state index in [4.69, 9.17) is 9.15 Å². The van der Waals surface area contributed by atoms with Crippen LogP contribution >= 0.6 is 0 Å². The summed E-state index contributed by atoms with van der Waals surface area (Å²) in [6.07, 6.45) is 0. The van der Waals surface area contributed by atoms with Crippen LogP contribution in [0.4, 0.5) is 0 Å². The maximum atomic E-state index is 5.44. The first-order valence-electron chi connectivity index (χ1n) is 8.24. The zero-order valence-electron chi connectivity index (χ0n) is 16.0. The third kappa shape index (κ3) is 2.31. The molecule has 0 radical (unpaired) electrons. The van der Waals surface area contributed by atoms with Crippen LogP contribution in [0.15, 0.2) is 21.3 Å². The molecule has 0 N–H and O–H groups in total. The van der Waals surface area contributed by atoms with Gasteiger partial charge in [-0.05, 0) is 33.3 Å². The Hall–Kier alpha value is -1.18. The Morgan fingerprint density at radius 2 is 1.14 bits per heavy atom. The van der Waals surface area contributed by atoms with Crippen LogP contribution in [-0.4, -0.2) is 0 Å². The van der Waals surface area contributed by atoms with E-state index in [9.17, 15) is 0 Å². The van der Waals surface area contributed by atoms with Gasteiger partial charge < -0.3 is 0 Å². The molecule has 0 aliphatic heterocycles. The Labute approximate surface area is 135 Å². The van der Waals surface area contributed by atoms with Crippen molar-refractivity contribution in [3.8, 4) is 0 Å². The second-order valence-electron chi connectivity index (χ2n) is 9.73. The van der Waals surface area contributed by atoms with Gasteiger partial charge in [0.05, 0.1) is 0 Å². The first-order valence-corrected chi connectivity index (χ1v) is 8.24. The number of hydrogen-bond donors (Lipinski definition) is 0. The van der Waals surface area contributed by atoms with Crippen LogP contribution in [0, 0.1) is 10.8 Å². The van der Waals surface area contributed by atoms with E-state index < -0.39 is 0 Å². The van der Waals surface area contributed by atoms with Gasteiger partial charge in [-0.2, -0.15) is 0 Å². The summed E-state index contributed by atoms with van der Waals surface area (Å²) >= 11 is 0. The molecule has 0 fully saturated rings. The van der Waals surface area contributed by atoms with Crippen LogP contribution in [0.5, 0.6) is 0 Å². The molecule has 2 aromatic rings. The van der Waals surface area contributed by atoms with Crippen LogP contribution in [0.2, 0.25) is 0 Å². The molecule has 0 saturated carbocycles. The lowest BCUT2D eigenvalue weighted by molar-refractivity contribution is 0.0547. The minimum absolute atomic E-state index is 0.0266. The largest absolute Gasteiger partial charge is 0.286 e. The molecule has 2 heteroatoms. The molecule has 1 aromatic carbocycles. The average Bonchev–Trinajstić information content (AvgIpc) is 2.26. The lowest BCUT2D eigenvalue weighted by Crippen LogP contribution is -2.41. The average molecular weight is 304 g/mol. The maximum Gasteiger partial charge on any atom is 0.229 e. The standard InChI is InChI=1S/C20H32O2/c1-17(2,3)19(7,8)13-11-12-14-16(22-21-14)15(13)20(9,10)18(4,5)6/h11-12H,1-10H3. The van der Waals surface area contributed by atoms with Gasteiger partial charge in [0.15, 0.2) is 0 Å². The summed E-state index contributed by atoms with van der Waals surface area (Å²) < 4.78 is 10.6. The molecule has 0 spiro atoms. The molecule has 0 saturated heterocycles. The van der Waals surface area contributed by atoms with Crippen molar-refractivity contribution in [1.29, 1.82) is 0 Å². The molecule has 0 unspecified atom stereocenters. The van der Waals surface area contributed by atoms with Crippen LogP contribution in [-0.2, 0) is 10.8 Å². The Balaban J connectivity index is 2.82. The van der Waals surface area contributed by atoms with Crippen LogP contribution < -0.4 is 0 Å². The SMILES string of the molecule is CC(C)(C)C(C)(C)c1ccc2ooc2c1C(C)(C)C(C)(C)C. The molecule has 0 amide bonds. The van der Waals surface area contributed by atoms with Gasteiger partial charge in [0.2, 0.25) is 11.2 Å². The highest BCUT2D eigenvalue weighted by Crippen LogP contribution is 2.51. The fraction of sp³-hybridized carbons (Fsp3) is 0.700. The van der Waals surface area contributed by atoms with Crippen molar-refractivity contribution in [3.63, 3.8) is 0 Å². The molecule has 0 bridgehead atoms. The highest BCUT2D eigenvalue weighted by Gasteiger charge is 2.44. The van der Waals surface area contributed by atoms with Gasteiger partial charge in [0.1, 0.15) is 0 Å². The molecule has 1 heterocycles. The van der Waals surface area contributed by atoms with Crippen molar-refractivity contribution in [2.75, 3.05) is 0 Å². The molecule has 124 valence electrons. The van der Waals surface area contributed by atoms with E-state index in [-0.39, 0.29) is 21.7 Å². The number of benzene rings is 1. The van der Waals surface area contributed by atoms with Crippen molar-refractivity contribution in [3.05, 3.63) is 23.3 Å². The Morgan fingerprint density at radius 1 is 0.636 bits per heavy atom. The second kappa shape index (κ2) is 4.66. The molecule has 0 atom stereocenters. The number of fused-ring (bicyclic) bond motifs is 1. The van der Waals surface area contributed by atoms with Gasteiger partial charge in [0.25, 0.3) is 0 Å². The van der Waals surface area contributed by atoms with Gasteiger partial charge in [-0.25, -0.2) is 0 Å². The van der Waals surface area contributed by atoms with Crippen LogP contribution in [0.25, 0.3) is 11.2 Å². The van der Waals surface area contributed by atoms with Crippen LogP contribution in [0.1, 0.15) is 80.4 Å². The third-order valence-electron chi connectivity index (χ3n) is 6.38. The summed E-state index contributed by atoms with van der Waals surface area (Å²) in [6, 6.07) is 4.28. The molecule has 0 aliphatic carbocycles. The summed E-state index contributed by atoms with van der Waals surface area (Å²) in [5.41, 5.74) is 4.71. The second-order valence-corrected chi connectivity index (χ2v) is 9.73. The van der Waals surface area contributed by atoms with Gasteiger partial charge >= 0.3 is 0 Å². The fourth-order valence-corrected chi connectivity index (χ4v) is 2.68. The minimum atomic E-state index is -0.0278. The third-order valence-corrected chi connectivity index (χ3v) is 6.38. The Morgan fingerprint density at radius 3 is 1.50 bits per heavy atom.